The lowest BCUT2D eigenvalue weighted by Gasteiger charge is -2.20. The number of hydrogen-bond donors (Lipinski definition) is 2. The van der Waals surface area contributed by atoms with Gasteiger partial charge in [0.1, 0.15) is 6.20 Å². The van der Waals surface area contributed by atoms with E-state index >= 15 is 0 Å². The maximum atomic E-state index is 12.0. The van der Waals surface area contributed by atoms with E-state index in [2.05, 4.69) is 15.5 Å². The van der Waals surface area contributed by atoms with Crippen molar-refractivity contribution in [2.45, 2.75) is 25.8 Å². The number of nitro groups is 1. The smallest absolute Gasteiger partial charge is 0.319 e. The number of hydrogen-bond acceptors (Lipinski definition) is 6. The first kappa shape index (κ1) is 18.0. The van der Waals surface area contributed by atoms with E-state index in [1.54, 1.807) is 0 Å². The Bertz CT molecular complexity index is 641. The maximum Gasteiger partial charge on any atom is 0.319 e. The molecule has 0 saturated heterocycles. The summed E-state index contributed by atoms with van der Waals surface area (Å²) in [5.41, 5.74) is -0.625. The molecule has 1 amide bonds. The van der Waals surface area contributed by atoms with E-state index in [1.165, 1.54) is 11.4 Å². The molecule has 0 fully saturated rings. The summed E-state index contributed by atoms with van der Waals surface area (Å²) in [5.74, 6) is -0.641. The molecular weight excluding hydrogens is 314 g/mol. The van der Waals surface area contributed by atoms with E-state index in [9.17, 15) is 23.3 Å². The summed E-state index contributed by atoms with van der Waals surface area (Å²) in [4.78, 5) is 22.1. The fraction of sp³-hybridized carbons (Fsp3) is 0.636. The number of sulfonamides is 1. The lowest BCUT2D eigenvalue weighted by atomic mass is 10.1. The van der Waals surface area contributed by atoms with Crippen LogP contribution in [0, 0.1) is 10.1 Å². The third-order valence-electron chi connectivity index (χ3n) is 3.23. The molecule has 11 heteroatoms. The van der Waals surface area contributed by atoms with Gasteiger partial charge in [-0.3, -0.25) is 20.0 Å². The SMILES string of the molecule is CCC(CCN(C)S(C)(=O)=O)NC(=O)c1[nH]ncc1[N+](=O)[O-]. The number of nitrogens with one attached hydrogen (secondary N) is 2. The predicted octanol–water partition coefficient (Wildman–Crippen LogP) is 0.108. The summed E-state index contributed by atoms with van der Waals surface area (Å²) >= 11 is 0. The number of amides is 1. The molecule has 2 N–H and O–H groups in total. The molecule has 10 nitrogen and oxygen atoms in total. The van der Waals surface area contributed by atoms with Crippen LogP contribution in [0.25, 0.3) is 0 Å². The van der Waals surface area contributed by atoms with E-state index in [1.807, 2.05) is 6.92 Å². The van der Waals surface area contributed by atoms with Gasteiger partial charge >= 0.3 is 5.69 Å². The monoisotopic (exact) mass is 333 g/mol. The Balaban J connectivity index is 2.68. The molecule has 1 rings (SSSR count). The molecule has 0 spiro atoms. The lowest BCUT2D eigenvalue weighted by molar-refractivity contribution is -0.385. The summed E-state index contributed by atoms with van der Waals surface area (Å²) < 4.78 is 23.8. The second-order valence-electron chi connectivity index (χ2n) is 4.84. The van der Waals surface area contributed by atoms with Crippen LogP contribution in [0.1, 0.15) is 30.3 Å². The fourth-order valence-electron chi connectivity index (χ4n) is 1.72. The van der Waals surface area contributed by atoms with Crippen LogP contribution >= 0.6 is 0 Å². The number of carbonyl (C=O) groups is 1. The van der Waals surface area contributed by atoms with Gasteiger partial charge in [0.25, 0.3) is 5.91 Å². The van der Waals surface area contributed by atoms with Gasteiger partial charge in [-0.05, 0) is 12.8 Å². The fourth-order valence-corrected chi connectivity index (χ4v) is 2.16. The second-order valence-corrected chi connectivity index (χ2v) is 6.93. The molecule has 1 atom stereocenters. The van der Waals surface area contributed by atoms with Crippen LogP contribution in [0.3, 0.4) is 0 Å². The van der Waals surface area contributed by atoms with Crippen LogP contribution in [-0.2, 0) is 10.0 Å². The molecule has 0 aliphatic rings. The minimum atomic E-state index is -3.28. The van der Waals surface area contributed by atoms with Crippen molar-refractivity contribution in [1.82, 2.24) is 19.8 Å². The first-order valence-electron chi connectivity index (χ1n) is 6.56. The van der Waals surface area contributed by atoms with Crippen molar-refractivity contribution in [3.05, 3.63) is 22.0 Å². The van der Waals surface area contributed by atoms with Crippen molar-refractivity contribution in [1.29, 1.82) is 0 Å². The van der Waals surface area contributed by atoms with Crippen molar-refractivity contribution in [3.8, 4) is 0 Å². The van der Waals surface area contributed by atoms with Crippen LogP contribution in [0.4, 0.5) is 5.69 Å². The van der Waals surface area contributed by atoms with Crippen LogP contribution in [0.15, 0.2) is 6.20 Å². The molecular formula is C11H19N5O5S. The Morgan fingerprint density at radius 2 is 2.23 bits per heavy atom. The van der Waals surface area contributed by atoms with E-state index in [4.69, 9.17) is 0 Å². The number of nitrogens with zero attached hydrogens (tertiary/aromatic N) is 3. The number of H-pyrrole nitrogens is 1. The van der Waals surface area contributed by atoms with E-state index in [0.717, 1.165) is 12.5 Å². The molecule has 1 aromatic heterocycles. The second kappa shape index (κ2) is 7.31. The summed E-state index contributed by atoms with van der Waals surface area (Å²) in [5, 5.41) is 19.2. The maximum absolute atomic E-state index is 12.0. The molecule has 124 valence electrons. The normalized spacial score (nSPS) is 13.1. The molecule has 0 saturated carbocycles. The molecule has 0 aliphatic carbocycles. The van der Waals surface area contributed by atoms with Crippen molar-refractivity contribution in [3.63, 3.8) is 0 Å². The molecule has 0 aromatic carbocycles. The Kier molecular flexibility index (Phi) is 6.00. The lowest BCUT2D eigenvalue weighted by Crippen LogP contribution is -2.38. The molecule has 1 heterocycles. The molecule has 0 radical (unpaired) electrons. The van der Waals surface area contributed by atoms with E-state index in [0.29, 0.717) is 12.8 Å². The Morgan fingerprint density at radius 1 is 1.59 bits per heavy atom. The van der Waals surface area contributed by atoms with Crippen molar-refractivity contribution in [2.24, 2.45) is 0 Å². The van der Waals surface area contributed by atoms with Gasteiger partial charge in [0.2, 0.25) is 15.7 Å². The van der Waals surface area contributed by atoms with Gasteiger partial charge < -0.3 is 5.32 Å². The first-order valence-corrected chi connectivity index (χ1v) is 8.41. The van der Waals surface area contributed by atoms with Gasteiger partial charge in [-0.2, -0.15) is 5.10 Å². The highest BCUT2D eigenvalue weighted by atomic mass is 32.2. The zero-order chi connectivity index (χ0) is 16.9. The topological polar surface area (TPSA) is 138 Å². The molecule has 22 heavy (non-hydrogen) atoms. The quantitative estimate of drug-likeness (QED) is 0.511. The highest BCUT2D eigenvalue weighted by Crippen LogP contribution is 2.14. The van der Waals surface area contributed by atoms with Crippen LogP contribution in [0.2, 0.25) is 0 Å². The highest BCUT2D eigenvalue weighted by molar-refractivity contribution is 7.88. The molecule has 1 unspecified atom stereocenters. The number of aromatic amines is 1. The minimum Gasteiger partial charge on any atom is -0.348 e. The molecule has 1 aromatic rings. The van der Waals surface area contributed by atoms with Crippen LogP contribution in [-0.4, -0.2) is 59.6 Å². The van der Waals surface area contributed by atoms with E-state index < -0.39 is 26.5 Å². The largest absolute Gasteiger partial charge is 0.348 e. The van der Waals surface area contributed by atoms with Gasteiger partial charge in [-0.15, -0.1) is 0 Å². The average Bonchev–Trinajstić information content (AvgIpc) is 2.91. The number of aromatic nitrogens is 2. The minimum absolute atomic E-state index is 0.222. The zero-order valence-electron chi connectivity index (χ0n) is 12.6. The third-order valence-corrected chi connectivity index (χ3v) is 4.54. The van der Waals surface area contributed by atoms with Gasteiger partial charge in [0.05, 0.1) is 11.2 Å². The Morgan fingerprint density at radius 3 is 2.73 bits per heavy atom. The van der Waals surface area contributed by atoms with Gasteiger partial charge in [-0.1, -0.05) is 6.92 Å². The van der Waals surface area contributed by atoms with Crippen molar-refractivity contribution >= 4 is 21.6 Å². The van der Waals surface area contributed by atoms with Crippen LogP contribution < -0.4 is 5.32 Å². The summed E-state index contributed by atoms with van der Waals surface area (Å²) in [6.07, 6.45) is 3.02. The standard InChI is InChI=1S/C11H19N5O5S/c1-4-8(5-6-15(2)22(3,20)21)13-11(17)10-9(16(18)19)7-12-14-10/h7-8H,4-6H2,1-3H3,(H,12,14)(H,13,17). The van der Waals surface area contributed by atoms with E-state index in [-0.39, 0.29) is 18.3 Å². The third kappa shape index (κ3) is 4.77. The Hall–Kier alpha value is -2.01. The van der Waals surface area contributed by atoms with Crippen molar-refractivity contribution < 1.29 is 18.1 Å². The average molecular weight is 333 g/mol. The summed E-state index contributed by atoms with van der Waals surface area (Å²) in [7, 11) is -1.83. The first-order chi connectivity index (χ1) is 10.2. The van der Waals surface area contributed by atoms with Crippen LogP contribution in [0.5, 0.6) is 0 Å². The zero-order valence-corrected chi connectivity index (χ0v) is 13.4. The summed E-state index contributed by atoms with van der Waals surface area (Å²) in [6, 6.07) is -0.306. The predicted molar refractivity (Wildman–Crippen MR) is 78.9 cm³/mol. The van der Waals surface area contributed by atoms with Gasteiger partial charge in [-0.25, -0.2) is 12.7 Å². The number of rotatable bonds is 8. The summed E-state index contributed by atoms with van der Waals surface area (Å²) in [6.45, 7) is 2.06. The number of carbonyl (C=O) groups excluding carboxylic acids is 1. The highest BCUT2D eigenvalue weighted by Gasteiger charge is 2.24. The molecule has 0 aliphatic heterocycles. The Labute approximate surface area is 128 Å². The van der Waals surface area contributed by atoms with Gasteiger partial charge in [0, 0.05) is 19.6 Å². The molecule has 0 bridgehead atoms. The van der Waals surface area contributed by atoms with Gasteiger partial charge in [0.15, 0.2) is 0 Å². The van der Waals surface area contributed by atoms with Crippen molar-refractivity contribution in [2.75, 3.05) is 19.8 Å².